The number of imidazole rings is 2. The lowest BCUT2D eigenvalue weighted by Gasteiger charge is -2.05. The molecule has 0 aliphatic rings. The third kappa shape index (κ3) is 2.64. The molecule has 0 unspecified atom stereocenters. The Morgan fingerprint density at radius 3 is 1.90 bits per heavy atom. The van der Waals surface area contributed by atoms with Crippen LogP contribution in [0.2, 0.25) is 0 Å². The zero-order chi connectivity index (χ0) is 21.2. The van der Waals surface area contributed by atoms with Crippen molar-refractivity contribution in [1.29, 1.82) is 0 Å². The number of hydrogen-bond donors (Lipinski definition) is 2. The van der Waals surface area contributed by atoms with E-state index in [0.29, 0.717) is 11.4 Å². The van der Waals surface area contributed by atoms with Crippen molar-refractivity contribution < 1.29 is 0 Å². The molecule has 4 N–H and O–H groups in total. The highest BCUT2D eigenvalue weighted by molar-refractivity contribution is 5.88. The topological polar surface area (TPSA) is 87.7 Å². The van der Waals surface area contributed by atoms with Gasteiger partial charge in [0.1, 0.15) is 11.6 Å². The summed E-state index contributed by atoms with van der Waals surface area (Å²) in [5.41, 5.74) is 21.6. The molecule has 6 nitrogen and oxygen atoms in total. The fourth-order valence-corrected chi connectivity index (χ4v) is 4.02. The predicted octanol–water partition coefficient (Wildman–Crippen LogP) is 4.58. The molecule has 30 heavy (non-hydrogen) atoms. The van der Waals surface area contributed by atoms with Gasteiger partial charge in [0.05, 0.1) is 33.4 Å². The zero-order valence-corrected chi connectivity index (χ0v) is 17.6. The van der Waals surface area contributed by atoms with Crippen molar-refractivity contribution >= 4 is 33.4 Å². The monoisotopic (exact) mass is 396 g/mol. The molecule has 0 amide bonds. The second kappa shape index (κ2) is 6.35. The number of aryl methyl sites for hydroxylation is 4. The third-order valence-electron chi connectivity index (χ3n) is 5.98. The van der Waals surface area contributed by atoms with Gasteiger partial charge in [0, 0.05) is 25.2 Å². The van der Waals surface area contributed by atoms with Crippen molar-refractivity contribution in [2.24, 2.45) is 14.1 Å². The summed E-state index contributed by atoms with van der Waals surface area (Å²) in [6.07, 6.45) is 0. The van der Waals surface area contributed by atoms with E-state index < -0.39 is 0 Å². The highest BCUT2D eigenvalue weighted by Crippen LogP contribution is 2.31. The van der Waals surface area contributed by atoms with Crippen molar-refractivity contribution in [3.05, 3.63) is 59.7 Å². The van der Waals surface area contributed by atoms with Crippen molar-refractivity contribution in [3.8, 4) is 22.8 Å². The molecule has 6 heteroatoms. The molecule has 0 saturated heterocycles. The van der Waals surface area contributed by atoms with Crippen LogP contribution in [0.25, 0.3) is 44.8 Å². The molecule has 150 valence electrons. The van der Waals surface area contributed by atoms with E-state index in [0.717, 1.165) is 44.8 Å². The standard InChI is InChI=1S/C24H24N6/c1-13-9-19-22(10-14(13)2)30(4)24(27-19)16-6-8-21-20(12-16)28-23(29(21)3)15-5-7-17(25)18(26)11-15/h5-12H,25-26H2,1-4H3. The van der Waals surface area contributed by atoms with E-state index in [9.17, 15) is 0 Å². The first kappa shape index (κ1) is 18.2. The molecule has 0 atom stereocenters. The number of nitrogens with two attached hydrogens (primary N) is 2. The number of aromatic nitrogens is 4. The van der Waals surface area contributed by atoms with Crippen LogP contribution in [-0.2, 0) is 14.1 Å². The Morgan fingerprint density at radius 2 is 1.20 bits per heavy atom. The average Bonchev–Trinajstić information content (AvgIpc) is 3.21. The second-order valence-corrected chi connectivity index (χ2v) is 7.96. The number of hydrogen-bond acceptors (Lipinski definition) is 4. The Bertz CT molecular complexity index is 1450. The van der Waals surface area contributed by atoms with Crippen LogP contribution in [0.4, 0.5) is 11.4 Å². The van der Waals surface area contributed by atoms with Gasteiger partial charge in [0.15, 0.2) is 0 Å². The van der Waals surface area contributed by atoms with Gasteiger partial charge in [-0.25, -0.2) is 9.97 Å². The van der Waals surface area contributed by atoms with Gasteiger partial charge in [-0.1, -0.05) is 0 Å². The van der Waals surface area contributed by atoms with Crippen LogP contribution < -0.4 is 11.5 Å². The van der Waals surface area contributed by atoms with Crippen LogP contribution in [0.5, 0.6) is 0 Å². The van der Waals surface area contributed by atoms with Crippen LogP contribution >= 0.6 is 0 Å². The Hall–Kier alpha value is -3.80. The highest BCUT2D eigenvalue weighted by atomic mass is 15.1. The van der Waals surface area contributed by atoms with Gasteiger partial charge in [0.25, 0.3) is 0 Å². The van der Waals surface area contributed by atoms with Gasteiger partial charge in [-0.3, -0.25) is 0 Å². The Kier molecular flexibility index (Phi) is 3.86. The maximum atomic E-state index is 6.00. The fraction of sp³-hybridized carbons (Fsp3) is 0.167. The first-order valence-electron chi connectivity index (χ1n) is 9.89. The maximum Gasteiger partial charge on any atom is 0.140 e. The van der Waals surface area contributed by atoms with Gasteiger partial charge in [0.2, 0.25) is 0 Å². The number of nitrogen functional groups attached to an aromatic ring is 2. The molecule has 3 aromatic carbocycles. The second-order valence-electron chi connectivity index (χ2n) is 7.96. The number of benzene rings is 3. The summed E-state index contributed by atoms with van der Waals surface area (Å²) in [7, 11) is 4.07. The van der Waals surface area contributed by atoms with E-state index >= 15 is 0 Å². The Balaban J connectivity index is 1.66. The molecule has 5 aromatic rings. The minimum atomic E-state index is 0.561. The van der Waals surface area contributed by atoms with Crippen molar-refractivity contribution in [3.63, 3.8) is 0 Å². The maximum absolute atomic E-state index is 6.00. The van der Waals surface area contributed by atoms with E-state index in [2.05, 4.69) is 60.4 Å². The highest BCUT2D eigenvalue weighted by Gasteiger charge is 2.15. The minimum absolute atomic E-state index is 0.561. The van der Waals surface area contributed by atoms with Crippen molar-refractivity contribution in [1.82, 2.24) is 19.1 Å². The molecule has 2 heterocycles. The normalized spacial score (nSPS) is 11.6. The van der Waals surface area contributed by atoms with E-state index in [1.54, 1.807) is 0 Å². The summed E-state index contributed by atoms with van der Waals surface area (Å²) >= 11 is 0. The molecular formula is C24H24N6. The van der Waals surface area contributed by atoms with Crippen LogP contribution in [0.3, 0.4) is 0 Å². The summed E-state index contributed by atoms with van der Waals surface area (Å²) in [5, 5.41) is 0. The lowest BCUT2D eigenvalue weighted by Crippen LogP contribution is -1.97. The van der Waals surface area contributed by atoms with Crippen molar-refractivity contribution in [2.75, 3.05) is 11.5 Å². The van der Waals surface area contributed by atoms with E-state index in [1.807, 2.05) is 25.2 Å². The number of nitrogens with zero attached hydrogens (tertiary/aromatic N) is 4. The first-order chi connectivity index (χ1) is 14.3. The van der Waals surface area contributed by atoms with E-state index in [1.165, 1.54) is 11.1 Å². The van der Waals surface area contributed by atoms with Gasteiger partial charge >= 0.3 is 0 Å². The molecule has 0 radical (unpaired) electrons. The van der Waals surface area contributed by atoms with Crippen LogP contribution in [0.15, 0.2) is 48.5 Å². The van der Waals surface area contributed by atoms with Crippen molar-refractivity contribution in [2.45, 2.75) is 13.8 Å². The molecular weight excluding hydrogens is 372 g/mol. The molecule has 0 bridgehead atoms. The molecule has 0 saturated carbocycles. The van der Waals surface area contributed by atoms with Crippen LogP contribution in [-0.4, -0.2) is 19.1 Å². The molecule has 2 aromatic heterocycles. The van der Waals surface area contributed by atoms with Gasteiger partial charge in [-0.05, 0) is 73.5 Å². The molecule has 0 fully saturated rings. The summed E-state index contributed by atoms with van der Waals surface area (Å²) in [6.45, 7) is 4.25. The molecule has 0 aliphatic carbocycles. The van der Waals surface area contributed by atoms with E-state index in [4.69, 9.17) is 21.4 Å². The summed E-state index contributed by atoms with van der Waals surface area (Å²) in [5.74, 6) is 1.78. The van der Waals surface area contributed by atoms with Crippen LogP contribution in [0, 0.1) is 13.8 Å². The van der Waals surface area contributed by atoms with Gasteiger partial charge in [-0.15, -0.1) is 0 Å². The van der Waals surface area contributed by atoms with Crippen LogP contribution in [0.1, 0.15) is 11.1 Å². The quantitative estimate of drug-likeness (QED) is 0.428. The fourth-order valence-electron chi connectivity index (χ4n) is 4.02. The number of fused-ring (bicyclic) bond motifs is 2. The van der Waals surface area contributed by atoms with Gasteiger partial charge < -0.3 is 20.6 Å². The summed E-state index contributed by atoms with van der Waals surface area (Å²) < 4.78 is 4.22. The Labute approximate surface area is 174 Å². The van der Waals surface area contributed by atoms with Gasteiger partial charge in [-0.2, -0.15) is 0 Å². The largest absolute Gasteiger partial charge is 0.397 e. The lowest BCUT2D eigenvalue weighted by molar-refractivity contribution is 0.956. The lowest BCUT2D eigenvalue weighted by atomic mass is 10.1. The Morgan fingerprint density at radius 1 is 0.633 bits per heavy atom. The number of anilines is 2. The summed E-state index contributed by atoms with van der Waals surface area (Å²) in [6, 6.07) is 16.3. The predicted molar refractivity (Wildman–Crippen MR) is 124 cm³/mol. The summed E-state index contributed by atoms with van der Waals surface area (Å²) in [4.78, 5) is 9.78. The molecule has 0 spiro atoms. The smallest absolute Gasteiger partial charge is 0.140 e. The zero-order valence-electron chi connectivity index (χ0n) is 17.6. The third-order valence-corrected chi connectivity index (χ3v) is 5.98. The van der Waals surface area contributed by atoms with E-state index in [-0.39, 0.29) is 0 Å². The SMILES string of the molecule is Cc1cc2nc(-c3ccc4c(c3)nc(-c3ccc(N)c(N)c3)n4C)n(C)c2cc1C. The average molecular weight is 396 g/mol. The molecule has 0 aliphatic heterocycles. The first-order valence-corrected chi connectivity index (χ1v) is 9.89. The molecule has 5 rings (SSSR count). The minimum Gasteiger partial charge on any atom is -0.397 e. The number of rotatable bonds is 2.